The Morgan fingerprint density at radius 1 is 1.15 bits per heavy atom. The summed E-state index contributed by atoms with van der Waals surface area (Å²) >= 11 is 6.71. The van der Waals surface area contributed by atoms with E-state index in [1.54, 1.807) is 29.1 Å². The molecule has 0 radical (unpaired) electrons. The molecule has 132 valence electrons. The molecule has 3 rings (SSSR count). The largest absolute Gasteiger partial charge is 0.507 e. The molecular weight excluding hydrogens is 464 g/mol. The zero-order valence-corrected chi connectivity index (χ0v) is 16.6. The molecule has 2 aromatic carbocycles. The minimum absolute atomic E-state index is 0.0741. The predicted octanol–water partition coefficient (Wildman–Crippen LogP) is 3.93. The Morgan fingerprint density at radius 2 is 1.88 bits per heavy atom. The number of nitrogens with one attached hydrogen (secondary N) is 1. The first-order chi connectivity index (χ1) is 12.5. The predicted molar refractivity (Wildman–Crippen MR) is 106 cm³/mol. The zero-order valence-electron chi connectivity index (χ0n) is 13.4. The molecule has 0 saturated carbocycles. The third-order valence-corrected chi connectivity index (χ3v) is 4.51. The Hall–Kier alpha value is -2.45. The molecule has 1 heterocycles. The first-order valence-corrected chi connectivity index (χ1v) is 9.20. The number of aromatic nitrogens is 2. The summed E-state index contributed by atoms with van der Waals surface area (Å²) in [4.78, 5) is 12.1. The van der Waals surface area contributed by atoms with Crippen LogP contribution in [-0.4, -0.2) is 27.0 Å². The second-order valence-corrected chi connectivity index (χ2v) is 7.26. The number of phenolic OH excluding ortho intramolecular Hbond substituents is 1. The van der Waals surface area contributed by atoms with E-state index in [1.807, 2.05) is 24.3 Å². The van der Waals surface area contributed by atoms with Crippen molar-refractivity contribution in [2.45, 2.75) is 6.54 Å². The maximum absolute atomic E-state index is 12.1. The number of aromatic hydroxyl groups is 1. The molecule has 2 N–H and O–H groups in total. The number of hydrogen-bond donors (Lipinski definition) is 2. The molecule has 26 heavy (non-hydrogen) atoms. The second kappa shape index (κ2) is 8.29. The van der Waals surface area contributed by atoms with E-state index < -0.39 is 5.91 Å². The maximum atomic E-state index is 12.1. The van der Waals surface area contributed by atoms with Gasteiger partial charge in [-0.3, -0.25) is 9.48 Å². The van der Waals surface area contributed by atoms with Crippen molar-refractivity contribution in [3.8, 4) is 5.75 Å². The summed E-state index contributed by atoms with van der Waals surface area (Å²) in [5.41, 5.74) is 4.22. The Kier molecular flexibility index (Phi) is 5.85. The van der Waals surface area contributed by atoms with Crippen molar-refractivity contribution in [3.63, 3.8) is 0 Å². The summed E-state index contributed by atoms with van der Waals surface area (Å²) in [5, 5.41) is 17.8. The molecule has 1 aromatic heterocycles. The van der Waals surface area contributed by atoms with E-state index in [2.05, 4.69) is 47.5 Å². The van der Waals surface area contributed by atoms with E-state index in [1.165, 1.54) is 12.3 Å². The third kappa shape index (κ3) is 4.80. The Morgan fingerprint density at radius 3 is 2.65 bits per heavy atom. The summed E-state index contributed by atoms with van der Waals surface area (Å²) < 4.78 is 3.49. The van der Waals surface area contributed by atoms with Crippen LogP contribution in [0.4, 0.5) is 0 Å². The van der Waals surface area contributed by atoms with Crippen molar-refractivity contribution in [1.82, 2.24) is 15.2 Å². The Balaban J connectivity index is 1.62. The number of phenols is 1. The summed E-state index contributed by atoms with van der Waals surface area (Å²) in [7, 11) is 0. The van der Waals surface area contributed by atoms with Crippen molar-refractivity contribution in [2.75, 3.05) is 0 Å². The quantitative estimate of drug-likeness (QED) is 0.431. The molecule has 0 aliphatic rings. The van der Waals surface area contributed by atoms with Crippen LogP contribution in [-0.2, 0) is 6.54 Å². The number of amides is 1. The van der Waals surface area contributed by atoms with Gasteiger partial charge in [0.15, 0.2) is 5.69 Å². The summed E-state index contributed by atoms with van der Waals surface area (Å²) in [6, 6.07) is 14.5. The van der Waals surface area contributed by atoms with Gasteiger partial charge in [0.1, 0.15) is 5.75 Å². The van der Waals surface area contributed by atoms with Gasteiger partial charge in [0.25, 0.3) is 5.91 Å². The Labute approximate surface area is 166 Å². The molecule has 0 aliphatic carbocycles. The molecule has 0 spiro atoms. The van der Waals surface area contributed by atoms with Gasteiger partial charge in [0.05, 0.1) is 12.8 Å². The standard InChI is InChI=1S/C18H14Br2N4O2/c19-14-3-1-12(2-4-14)11-24-8-7-16(23-24)18(26)22-21-10-13-9-15(20)5-6-17(13)25/h1-10,25H,11H2,(H,22,26). The fourth-order valence-corrected chi connectivity index (χ4v) is 2.84. The molecule has 0 saturated heterocycles. The molecule has 0 fully saturated rings. The SMILES string of the molecule is O=C(NN=Cc1cc(Br)ccc1O)c1ccn(Cc2ccc(Br)cc2)n1. The van der Waals surface area contributed by atoms with Crippen molar-refractivity contribution in [3.05, 3.63) is 80.5 Å². The van der Waals surface area contributed by atoms with Gasteiger partial charge in [-0.05, 0) is 42.0 Å². The van der Waals surface area contributed by atoms with E-state index in [9.17, 15) is 9.90 Å². The average Bonchev–Trinajstić information content (AvgIpc) is 3.08. The number of halogens is 2. The molecule has 0 aliphatic heterocycles. The van der Waals surface area contributed by atoms with Crippen LogP contribution < -0.4 is 5.43 Å². The lowest BCUT2D eigenvalue weighted by Crippen LogP contribution is -2.18. The molecule has 1 amide bonds. The van der Waals surface area contributed by atoms with E-state index in [0.29, 0.717) is 12.1 Å². The number of hydrazone groups is 1. The summed E-state index contributed by atoms with van der Waals surface area (Å²) in [5.74, 6) is -0.352. The first-order valence-electron chi connectivity index (χ1n) is 7.61. The fraction of sp³-hybridized carbons (Fsp3) is 0.0556. The molecule has 8 heteroatoms. The molecule has 6 nitrogen and oxygen atoms in total. The van der Waals surface area contributed by atoms with Crippen LogP contribution in [0.25, 0.3) is 0 Å². The molecule has 3 aromatic rings. The lowest BCUT2D eigenvalue weighted by Gasteiger charge is -2.02. The highest BCUT2D eigenvalue weighted by Gasteiger charge is 2.09. The molecular formula is C18H14Br2N4O2. The molecule has 0 atom stereocenters. The van der Waals surface area contributed by atoms with Crippen LogP contribution >= 0.6 is 31.9 Å². The van der Waals surface area contributed by atoms with E-state index in [-0.39, 0.29) is 11.4 Å². The lowest BCUT2D eigenvalue weighted by molar-refractivity contribution is 0.0949. The Bertz CT molecular complexity index is 952. The fourth-order valence-electron chi connectivity index (χ4n) is 2.19. The smallest absolute Gasteiger partial charge is 0.291 e. The molecule has 0 bridgehead atoms. The van der Waals surface area contributed by atoms with Gasteiger partial charge >= 0.3 is 0 Å². The first kappa shape index (κ1) is 18.3. The van der Waals surface area contributed by atoms with Crippen molar-refractivity contribution in [1.29, 1.82) is 0 Å². The van der Waals surface area contributed by atoms with Gasteiger partial charge in [0.2, 0.25) is 0 Å². The number of carbonyl (C=O) groups is 1. The van der Waals surface area contributed by atoms with Crippen molar-refractivity contribution >= 4 is 44.0 Å². The van der Waals surface area contributed by atoms with Gasteiger partial charge in [-0.1, -0.05) is 44.0 Å². The van der Waals surface area contributed by atoms with Gasteiger partial charge in [-0.2, -0.15) is 10.2 Å². The van der Waals surface area contributed by atoms with Gasteiger partial charge in [-0.15, -0.1) is 0 Å². The average molecular weight is 478 g/mol. The highest BCUT2D eigenvalue weighted by molar-refractivity contribution is 9.10. The summed E-state index contributed by atoms with van der Waals surface area (Å²) in [6.07, 6.45) is 3.11. The van der Waals surface area contributed by atoms with Gasteiger partial charge in [0, 0.05) is 20.7 Å². The normalized spacial score (nSPS) is 11.0. The highest BCUT2D eigenvalue weighted by Crippen LogP contribution is 2.19. The van der Waals surface area contributed by atoms with Crippen LogP contribution in [0.15, 0.2) is 68.8 Å². The van der Waals surface area contributed by atoms with Crippen LogP contribution in [0, 0.1) is 0 Å². The van der Waals surface area contributed by atoms with Gasteiger partial charge < -0.3 is 5.11 Å². The number of benzene rings is 2. The van der Waals surface area contributed by atoms with Crippen molar-refractivity contribution < 1.29 is 9.90 Å². The number of carbonyl (C=O) groups excluding carboxylic acids is 1. The minimum Gasteiger partial charge on any atom is -0.507 e. The van der Waals surface area contributed by atoms with Crippen LogP contribution in [0.2, 0.25) is 0 Å². The van der Waals surface area contributed by atoms with E-state index in [4.69, 9.17) is 0 Å². The van der Waals surface area contributed by atoms with Crippen LogP contribution in [0.5, 0.6) is 5.75 Å². The van der Waals surface area contributed by atoms with E-state index >= 15 is 0 Å². The third-order valence-electron chi connectivity index (χ3n) is 3.49. The second-order valence-electron chi connectivity index (χ2n) is 5.43. The van der Waals surface area contributed by atoms with Crippen LogP contribution in [0.3, 0.4) is 0 Å². The van der Waals surface area contributed by atoms with Crippen LogP contribution in [0.1, 0.15) is 21.6 Å². The number of hydrogen-bond acceptors (Lipinski definition) is 4. The zero-order chi connectivity index (χ0) is 18.5. The van der Waals surface area contributed by atoms with E-state index in [0.717, 1.165) is 14.5 Å². The summed E-state index contributed by atoms with van der Waals surface area (Å²) in [6.45, 7) is 0.565. The van der Waals surface area contributed by atoms with Crippen molar-refractivity contribution in [2.24, 2.45) is 5.10 Å². The molecule has 0 unspecified atom stereocenters. The maximum Gasteiger partial charge on any atom is 0.291 e. The van der Waals surface area contributed by atoms with Gasteiger partial charge in [-0.25, -0.2) is 5.43 Å². The highest BCUT2D eigenvalue weighted by atomic mass is 79.9. The minimum atomic E-state index is -0.426. The topological polar surface area (TPSA) is 79.5 Å². The monoisotopic (exact) mass is 476 g/mol. The lowest BCUT2D eigenvalue weighted by atomic mass is 10.2. The number of nitrogens with zero attached hydrogens (tertiary/aromatic N) is 3. The number of rotatable bonds is 5.